The summed E-state index contributed by atoms with van der Waals surface area (Å²) in [5.41, 5.74) is 3.00. The molecule has 4 nitrogen and oxygen atoms in total. The maximum atomic E-state index is 13.6. The van der Waals surface area contributed by atoms with Crippen molar-refractivity contribution >= 4 is 16.8 Å². The minimum Gasteiger partial charge on any atom is -0.348 e. The van der Waals surface area contributed by atoms with E-state index in [9.17, 15) is 14.0 Å². The van der Waals surface area contributed by atoms with Crippen molar-refractivity contribution in [2.45, 2.75) is 20.4 Å². The number of rotatable bonds is 3. The van der Waals surface area contributed by atoms with Crippen LogP contribution in [0.4, 0.5) is 4.39 Å². The number of hydrogen-bond acceptors (Lipinski definition) is 2. The summed E-state index contributed by atoms with van der Waals surface area (Å²) in [4.78, 5) is 27.1. The molecule has 0 aliphatic rings. The first-order chi connectivity index (χ1) is 11.5. The summed E-state index contributed by atoms with van der Waals surface area (Å²) in [6.07, 6.45) is 0. The Bertz CT molecular complexity index is 992. The molecule has 122 valence electrons. The lowest BCUT2D eigenvalue weighted by Crippen LogP contribution is -2.27. The molecule has 0 unspecified atom stereocenters. The zero-order valence-electron chi connectivity index (χ0n) is 13.4. The fourth-order valence-electron chi connectivity index (χ4n) is 2.76. The van der Waals surface area contributed by atoms with Gasteiger partial charge in [0.25, 0.3) is 11.5 Å². The van der Waals surface area contributed by atoms with Gasteiger partial charge >= 0.3 is 0 Å². The van der Waals surface area contributed by atoms with Crippen molar-refractivity contribution < 1.29 is 9.18 Å². The van der Waals surface area contributed by atoms with Crippen LogP contribution in [0.3, 0.4) is 0 Å². The van der Waals surface area contributed by atoms with Gasteiger partial charge in [0.05, 0.1) is 5.56 Å². The topological polar surface area (TPSA) is 62.0 Å². The van der Waals surface area contributed by atoms with Crippen molar-refractivity contribution in [1.82, 2.24) is 10.3 Å². The SMILES string of the molecule is Cc1cc(C)c2cc(CNC(=O)c3ccccc3F)c(=O)[nH]c2c1. The molecule has 0 saturated carbocycles. The summed E-state index contributed by atoms with van der Waals surface area (Å²) in [5, 5.41) is 3.52. The highest BCUT2D eigenvalue weighted by Crippen LogP contribution is 2.18. The highest BCUT2D eigenvalue weighted by atomic mass is 19.1. The predicted molar refractivity (Wildman–Crippen MR) is 91.6 cm³/mol. The molecule has 0 bridgehead atoms. The molecule has 2 aromatic carbocycles. The highest BCUT2D eigenvalue weighted by Gasteiger charge is 2.12. The van der Waals surface area contributed by atoms with Crippen LogP contribution in [0.15, 0.2) is 47.3 Å². The average molecular weight is 324 g/mol. The van der Waals surface area contributed by atoms with Crippen LogP contribution in [0.25, 0.3) is 10.9 Å². The molecule has 0 spiro atoms. The summed E-state index contributed by atoms with van der Waals surface area (Å²) in [5.74, 6) is -1.14. The van der Waals surface area contributed by atoms with E-state index in [0.717, 1.165) is 22.0 Å². The zero-order valence-corrected chi connectivity index (χ0v) is 13.4. The van der Waals surface area contributed by atoms with Gasteiger partial charge in [-0.1, -0.05) is 18.2 Å². The second-order valence-corrected chi connectivity index (χ2v) is 5.83. The van der Waals surface area contributed by atoms with Crippen molar-refractivity contribution in [1.29, 1.82) is 0 Å². The average Bonchev–Trinajstić information content (AvgIpc) is 2.53. The maximum absolute atomic E-state index is 13.6. The zero-order chi connectivity index (χ0) is 17.3. The number of aromatic nitrogens is 1. The molecule has 3 rings (SSSR count). The fraction of sp³-hybridized carbons (Fsp3) is 0.158. The molecule has 1 amide bonds. The molecule has 24 heavy (non-hydrogen) atoms. The lowest BCUT2D eigenvalue weighted by molar-refractivity contribution is 0.0947. The molecule has 0 saturated heterocycles. The van der Waals surface area contributed by atoms with Gasteiger partial charge in [0.1, 0.15) is 5.82 Å². The van der Waals surface area contributed by atoms with Gasteiger partial charge in [-0.25, -0.2) is 4.39 Å². The van der Waals surface area contributed by atoms with Gasteiger partial charge in [-0.2, -0.15) is 0 Å². The number of fused-ring (bicyclic) bond motifs is 1. The summed E-state index contributed by atoms with van der Waals surface area (Å²) in [6, 6.07) is 11.4. The Kier molecular flexibility index (Phi) is 4.16. The van der Waals surface area contributed by atoms with Crippen LogP contribution in [0.5, 0.6) is 0 Å². The van der Waals surface area contributed by atoms with Crippen molar-refractivity contribution in [3.05, 3.63) is 80.9 Å². The van der Waals surface area contributed by atoms with E-state index in [-0.39, 0.29) is 17.7 Å². The lowest BCUT2D eigenvalue weighted by Gasteiger charge is -2.09. The fourth-order valence-corrected chi connectivity index (χ4v) is 2.76. The Labute approximate surface area is 138 Å². The summed E-state index contributed by atoms with van der Waals surface area (Å²) in [7, 11) is 0. The third kappa shape index (κ3) is 3.06. The number of benzene rings is 2. The highest BCUT2D eigenvalue weighted by molar-refractivity contribution is 5.94. The van der Waals surface area contributed by atoms with Gasteiger partial charge in [0.2, 0.25) is 0 Å². The standard InChI is InChI=1S/C19H17FN2O2/c1-11-7-12(2)15-9-13(18(23)22-17(15)8-11)10-21-19(24)14-5-3-4-6-16(14)20/h3-9H,10H2,1-2H3,(H,21,24)(H,22,23). The minimum absolute atomic E-state index is 0.0335. The number of amides is 1. The minimum atomic E-state index is -0.589. The van der Waals surface area contributed by atoms with Crippen LogP contribution in [-0.2, 0) is 6.54 Å². The van der Waals surface area contributed by atoms with Gasteiger partial charge in [0.15, 0.2) is 0 Å². The molecule has 0 atom stereocenters. The Morgan fingerprint density at radius 1 is 1.17 bits per heavy atom. The largest absolute Gasteiger partial charge is 0.348 e. The van der Waals surface area contributed by atoms with Gasteiger partial charge < -0.3 is 10.3 Å². The van der Waals surface area contributed by atoms with Crippen LogP contribution < -0.4 is 10.9 Å². The Hall–Kier alpha value is -2.95. The number of aryl methyl sites for hydroxylation is 2. The number of carbonyl (C=O) groups is 1. The van der Waals surface area contributed by atoms with Crippen molar-refractivity contribution in [2.24, 2.45) is 0 Å². The van der Waals surface area contributed by atoms with Crippen LogP contribution in [-0.4, -0.2) is 10.9 Å². The molecule has 0 aliphatic carbocycles. The maximum Gasteiger partial charge on any atom is 0.254 e. The second-order valence-electron chi connectivity index (χ2n) is 5.83. The monoisotopic (exact) mass is 324 g/mol. The normalized spacial score (nSPS) is 10.8. The lowest BCUT2D eigenvalue weighted by atomic mass is 10.0. The van der Waals surface area contributed by atoms with Crippen molar-refractivity contribution in [3.8, 4) is 0 Å². The Morgan fingerprint density at radius 2 is 1.92 bits per heavy atom. The van der Waals surface area contributed by atoms with Crippen LogP contribution in [0.2, 0.25) is 0 Å². The molecule has 1 aromatic heterocycles. The van der Waals surface area contributed by atoms with Crippen LogP contribution in [0, 0.1) is 19.7 Å². The van der Waals surface area contributed by atoms with E-state index in [1.54, 1.807) is 12.1 Å². The number of aromatic amines is 1. The first kappa shape index (κ1) is 15.9. The number of nitrogens with one attached hydrogen (secondary N) is 2. The molecule has 2 N–H and O–H groups in total. The van der Waals surface area contributed by atoms with E-state index in [2.05, 4.69) is 10.3 Å². The third-order valence-corrected chi connectivity index (χ3v) is 3.95. The number of hydrogen-bond donors (Lipinski definition) is 2. The smallest absolute Gasteiger partial charge is 0.254 e. The number of H-pyrrole nitrogens is 1. The van der Waals surface area contributed by atoms with Crippen LogP contribution in [0.1, 0.15) is 27.0 Å². The number of pyridine rings is 1. The Balaban J connectivity index is 1.88. The van der Waals surface area contributed by atoms with E-state index in [4.69, 9.17) is 0 Å². The molecule has 0 radical (unpaired) electrons. The van der Waals surface area contributed by atoms with E-state index in [0.29, 0.717) is 5.56 Å². The van der Waals surface area contributed by atoms with E-state index >= 15 is 0 Å². The second kappa shape index (κ2) is 6.28. The molecule has 3 aromatic rings. The molecule has 5 heteroatoms. The first-order valence-corrected chi connectivity index (χ1v) is 7.61. The predicted octanol–water partition coefficient (Wildman–Crippen LogP) is 3.21. The molecule has 1 heterocycles. The molecule has 0 aliphatic heterocycles. The van der Waals surface area contributed by atoms with Gasteiger partial charge in [-0.3, -0.25) is 9.59 Å². The van der Waals surface area contributed by atoms with Crippen LogP contribution >= 0.6 is 0 Å². The third-order valence-electron chi connectivity index (χ3n) is 3.95. The van der Waals surface area contributed by atoms with Crippen molar-refractivity contribution in [2.75, 3.05) is 0 Å². The van der Waals surface area contributed by atoms with E-state index < -0.39 is 11.7 Å². The van der Waals surface area contributed by atoms with E-state index in [1.807, 2.05) is 26.0 Å². The van der Waals surface area contributed by atoms with Gasteiger partial charge in [-0.15, -0.1) is 0 Å². The van der Waals surface area contributed by atoms with E-state index in [1.165, 1.54) is 18.2 Å². The summed E-state index contributed by atoms with van der Waals surface area (Å²) < 4.78 is 13.6. The Morgan fingerprint density at radius 3 is 2.67 bits per heavy atom. The molecular weight excluding hydrogens is 307 g/mol. The molecular formula is C19H17FN2O2. The number of carbonyl (C=O) groups excluding carboxylic acids is 1. The van der Waals surface area contributed by atoms with Crippen molar-refractivity contribution in [3.63, 3.8) is 0 Å². The quantitative estimate of drug-likeness (QED) is 0.777. The summed E-state index contributed by atoms with van der Waals surface area (Å²) >= 11 is 0. The van der Waals surface area contributed by atoms with Gasteiger partial charge in [-0.05, 0) is 49.2 Å². The first-order valence-electron chi connectivity index (χ1n) is 7.61. The van der Waals surface area contributed by atoms with Gasteiger partial charge in [0, 0.05) is 23.0 Å². The molecule has 0 fully saturated rings. The number of halogens is 1. The summed E-state index contributed by atoms with van der Waals surface area (Å²) in [6.45, 7) is 3.97.